The van der Waals surface area contributed by atoms with E-state index in [1.54, 1.807) is 25.7 Å². The molecule has 0 aliphatic rings. The highest BCUT2D eigenvalue weighted by Crippen LogP contribution is 2.39. The predicted octanol–water partition coefficient (Wildman–Crippen LogP) is 3.00. The second-order valence-electron chi connectivity index (χ2n) is 4.93. The van der Waals surface area contributed by atoms with Gasteiger partial charge in [0.15, 0.2) is 0 Å². The van der Waals surface area contributed by atoms with Gasteiger partial charge in [-0.15, -0.1) is 0 Å². The summed E-state index contributed by atoms with van der Waals surface area (Å²) in [7, 11) is -2.36. The molecule has 2 aromatic rings. The molecule has 0 bridgehead atoms. The minimum Gasteiger partial charge on any atom is -0.319 e. The van der Waals surface area contributed by atoms with Crippen molar-refractivity contribution in [1.29, 1.82) is 0 Å². The van der Waals surface area contributed by atoms with E-state index < -0.39 is 7.14 Å². The molecule has 2 rings (SSSR count). The van der Waals surface area contributed by atoms with Crippen molar-refractivity contribution in [3.63, 3.8) is 0 Å². The smallest absolute Gasteiger partial charge is 0.112 e. The molecule has 0 spiro atoms. The Morgan fingerprint density at radius 1 is 1.24 bits per heavy atom. The summed E-state index contributed by atoms with van der Waals surface area (Å²) in [5.74, 6) is 0.267. The van der Waals surface area contributed by atoms with E-state index in [0.717, 1.165) is 21.9 Å². The molecule has 0 atom stereocenters. The van der Waals surface area contributed by atoms with Crippen LogP contribution in [0.4, 0.5) is 0 Å². The first-order chi connectivity index (χ1) is 7.91. The molecule has 4 heteroatoms. The molecule has 0 fully saturated rings. The van der Waals surface area contributed by atoms with Gasteiger partial charge in [0.2, 0.25) is 0 Å². The largest absolute Gasteiger partial charge is 0.319 e. The van der Waals surface area contributed by atoms with Crippen molar-refractivity contribution >= 4 is 23.3 Å². The van der Waals surface area contributed by atoms with E-state index in [1.807, 2.05) is 12.1 Å². The lowest BCUT2D eigenvalue weighted by Gasteiger charge is -2.17. The van der Waals surface area contributed by atoms with Gasteiger partial charge in [-0.1, -0.05) is 19.9 Å². The van der Waals surface area contributed by atoms with Crippen LogP contribution in [-0.4, -0.2) is 23.3 Å². The Hall–Kier alpha value is -1.21. The monoisotopic (exact) mass is 248 g/mol. The normalized spacial score (nSPS) is 12.3. The summed E-state index contributed by atoms with van der Waals surface area (Å²) in [5, 5.41) is 1.86. The third kappa shape index (κ3) is 2.25. The third-order valence-corrected chi connectivity index (χ3v) is 4.29. The Labute approximate surface area is 102 Å². The molecule has 0 radical (unpaired) electrons. The number of rotatable bonds is 2. The van der Waals surface area contributed by atoms with Crippen LogP contribution in [-0.2, 0) is 4.57 Å². The van der Waals surface area contributed by atoms with Gasteiger partial charge < -0.3 is 4.57 Å². The Bertz CT molecular complexity index is 601. The molecule has 0 N–H and O–H groups in total. The maximum Gasteiger partial charge on any atom is 0.112 e. The first kappa shape index (κ1) is 12.3. The molecule has 2 heterocycles. The molecule has 0 aliphatic heterocycles. The summed E-state index contributed by atoms with van der Waals surface area (Å²) >= 11 is 0. The first-order valence-corrected chi connectivity index (χ1v) is 8.30. The van der Waals surface area contributed by atoms with Crippen molar-refractivity contribution in [3.05, 3.63) is 30.2 Å². The lowest BCUT2D eigenvalue weighted by Crippen LogP contribution is -2.15. The van der Waals surface area contributed by atoms with Crippen LogP contribution in [0.3, 0.4) is 0 Å². The Morgan fingerprint density at radius 3 is 2.53 bits per heavy atom. The van der Waals surface area contributed by atoms with Gasteiger partial charge in [0, 0.05) is 16.9 Å². The lowest BCUT2D eigenvalue weighted by atomic mass is 10.1. The fourth-order valence-corrected chi connectivity index (χ4v) is 3.68. The molecule has 0 unspecified atom stereocenters. The van der Waals surface area contributed by atoms with Crippen LogP contribution in [0.2, 0.25) is 0 Å². The molecule has 0 aromatic carbocycles. The van der Waals surface area contributed by atoms with Crippen LogP contribution in [0.1, 0.15) is 25.5 Å². The summed E-state index contributed by atoms with van der Waals surface area (Å²) in [6, 6.07) is 3.86. The van der Waals surface area contributed by atoms with Gasteiger partial charge in [-0.2, -0.15) is 0 Å². The van der Waals surface area contributed by atoms with Crippen molar-refractivity contribution in [2.75, 3.05) is 13.3 Å². The number of hydrogen-bond donors (Lipinski definition) is 0. The Kier molecular flexibility index (Phi) is 3.05. The Morgan fingerprint density at radius 2 is 1.94 bits per heavy atom. The van der Waals surface area contributed by atoms with Gasteiger partial charge in [0.1, 0.15) is 7.14 Å². The molecule has 0 amide bonds. The van der Waals surface area contributed by atoms with Gasteiger partial charge in [-0.25, -0.2) is 0 Å². The summed E-state index contributed by atoms with van der Waals surface area (Å²) in [5.41, 5.74) is 1.75. The van der Waals surface area contributed by atoms with Gasteiger partial charge in [0.05, 0.1) is 17.4 Å². The highest BCUT2D eigenvalue weighted by atomic mass is 31.2. The van der Waals surface area contributed by atoms with Crippen LogP contribution < -0.4 is 5.30 Å². The lowest BCUT2D eigenvalue weighted by molar-refractivity contribution is 0.588. The maximum absolute atomic E-state index is 12.5. The van der Waals surface area contributed by atoms with E-state index in [1.165, 1.54) is 0 Å². The molecular formula is C13H17N2OP. The van der Waals surface area contributed by atoms with Crippen molar-refractivity contribution < 1.29 is 4.57 Å². The highest BCUT2D eigenvalue weighted by molar-refractivity contribution is 7.70. The topological polar surface area (TPSA) is 42.9 Å². The zero-order valence-electron chi connectivity index (χ0n) is 10.6. The average molecular weight is 248 g/mol. The average Bonchev–Trinajstić information content (AvgIpc) is 2.26. The second kappa shape index (κ2) is 4.23. The van der Waals surface area contributed by atoms with Crippen molar-refractivity contribution in [1.82, 2.24) is 9.97 Å². The van der Waals surface area contributed by atoms with Crippen LogP contribution in [0.25, 0.3) is 10.9 Å². The summed E-state index contributed by atoms with van der Waals surface area (Å²) in [6.45, 7) is 7.73. The van der Waals surface area contributed by atoms with Crippen LogP contribution in [0, 0.1) is 0 Å². The molecule has 2 aromatic heterocycles. The van der Waals surface area contributed by atoms with Crippen LogP contribution >= 0.6 is 7.14 Å². The fourth-order valence-electron chi connectivity index (χ4n) is 2.04. The van der Waals surface area contributed by atoms with Crippen molar-refractivity contribution in [3.8, 4) is 0 Å². The minimum atomic E-state index is -2.36. The molecule has 0 aliphatic carbocycles. The van der Waals surface area contributed by atoms with E-state index in [9.17, 15) is 4.57 Å². The molecule has 90 valence electrons. The molecular weight excluding hydrogens is 231 g/mol. The maximum atomic E-state index is 12.5. The summed E-state index contributed by atoms with van der Waals surface area (Å²) in [4.78, 5) is 8.71. The van der Waals surface area contributed by atoms with E-state index in [-0.39, 0.29) is 5.92 Å². The number of fused-ring (bicyclic) bond motifs is 1. The van der Waals surface area contributed by atoms with E-state index in [4.69, 9.17) is 0 Å². The van der Waals surface area contributed by atoms with Crippen molar-refractivity contribution in [2.45, 2.75) is 19.8 Å². The van der Waals surface area contributed by atoms with Crippen LogP contribution in [0.15, 0.2) is 24.5 Å². The number of hydrogen-bond acceptors (Lipinski definition) is 3. The van der Waals surface area contributed by atoms with E-state index in [0.29, 0.717) is 0 Å². The SMILES string of the molecule is CC(C)c1ncc2ncccc2c1P(C)(C)=O. The molecule has 0 saturated carbocycles. The fraction of sp³-hybridized carbons (Fsp3) is 0.385. The van der Waals surface area contributed by atoms with Gasteiger partial charge >= 0.3 is 0 Å². The minimum absolute atomic E-state index is 0.267. The zero-order chi connectivity index (χ0) is 12.6. The van der Waals surface area contributed by atoms with E-state index >= 15 is 0 Å². The van der Waals surface area contributed by atoms with Crippen molar-refractivity contribution in [2.24, 2.45) is 0 Å². The molecule has 0 saturated heterocycles. The number of aromatic nitrogens is 2. The van der Waals surface area contributed by atoms with Crippen LogP contribution in [0.5, 0.6) is 0 Å². The Balaban J connectivity index is 2.90. The van der Waals surface area contributed by atoms with E-state index in [2.05, 4.69) is 23.8 Å². The summed E-state index contributed by atoms with van der Waals surface area (Å²) < 4.78 is 12.5. The quantitative estimate of drug-likeness (QED) is 0.767. The first-order valence-electron chi connectivity index (χ1n) is 5.70. The highest BCUT2D eigenvalue weighted by Gasteiger charge is 2.22. The molecule has 17 heavy (non-hydrogen) atoms. The predicted molar refractivity (Wildman–Crippen MR) is 72.7 cm³/mol. The van der Waals surface area contributed by atoms with Gasteiger partial charge in [-0.05, 0) is 25.3 Å². The summed E-state index contributed by atoms with van der Waals surface area (Å²) in [6.07, 6.45) is 3.50. The third-order valence-electron chi connectivity index (χ3n) is 2.75. The number of pyridine rings is 2. The standard InChI is InChI=1S/C13H17N2OP/c1-9(2)12-13(17(3,4)16)10-6-5-7-14-11(10)8-15-12/h5-9H,1-4H3. The van der Waals surface area contributed by atoms with Gasteiger partial charge in [-0.3, -0.25) is 9.97 Å². The number of nitrogens with zero attached hydrogens (tertiary/aromatic N) is 2. The molecule has 3 nitrogen and oxygen atoms in total. The second-order valence-corrected chi connectivity index (χ2v) is 8.08. The van der Waals surface area contributed by atoms with Gasteiger partial charge in [0.25, 0.3) is 0 Å². The zero-order valence-corrected chi connectivity index (χ0v) is 11.5.